The van der Waals surface area contributed by atoms with Crippen LogP contribution in [0.2, 0.25) is 0 Å². The maximum absolute atomic E-state index is 13.3. The lowest BCUT2D eigenvalue weighted by Crippen LogP contribution is -2.28. The van der Waals surface area contributed by atoms with E-state index < -0.39 is 11.6 Å². The second kappa shape index (κ2) is 7.02. The van der Waals surface area contributed by atoms with E-state index in [9.17, 15) is 13.6 Å². The van der Waals surface area contributed by atoms with Crippen LogP contribution in [0.5, 0.6) is 5.75 Å². The van der Waals surface area contributed by atoms with Crippen LogP contribution in [0.25, 0.3) is 0 Å². The third kappa shape index (κ3) is 4.28. The van der Waals surface area contributed by atoms with Crippen molar-refractivity contribution in [3.05, 3.63) is 64.7 Å². The Morgan fingerprint density at radius 3 is 2.59 bits per heavy atom. The minimum atomic E-state index is -0.831. The molecule has 2 aromatic rings. The first-order valence-corrected chi connectivity index (χ1v) is 6.86. The standard InChI is InChI=1S/C17H17F2NO2/c1-11-3-4-13(12(2)7-11)9-20-17(21)10-22-16-6-5-14(18)8-15(16)19/h3-8H,9-10H2,1-2H3,(H,20,21). The van der Waals surface area contributed by atoms with Gasteiger partial charge >= 0.3 is 0 Å². The molecule has 2 rings (SSSR count). The highest BCUT2D eigenvalue weighted by Crippen LogP contribution is 2.17. The Kier molecular flexibility index (Phi) is 5.09. The minimum absolute atomic E-state index is 0.150. The normalized spacial score (nSPS) is 10.4. The van der Waals surface area contributed by atoms with Crippen molar-refractivity contribution in [2.75, 3.05) is 6.61 Å². The molecule has 0 bridgehead atoms. The van der Waals surface area contributed by atoms with Gasteiger partial charge in [0.2, 0.25) is 0 Å². The van der Waals surface area contributed by atoms with E-state index in [1.807, 2.05) is 32.0 Å². The molecule has 0 radical (unpaired) electrons. The van der Waals surface area contributed by atoms with Gasteiger partial charge in [0.25, 0.3) is 5.91 Å². The van der Waals surface area contributed by atoms with Crippen LogP contribution in [-0.4, -0.2) is 12.5 Å². The average molecular weight is 305 g/mol. The summed E-state index contributed by atoms with van der Waals surface area (Å²) in [6.07, 6.45) is 0. The highest BCUT2D eigenvalue weighted by molar-refractivity contribution is 5.77. The molecule has 5 heteroatoms. The van der Waals surface area contributed by atoms with Gasteiger partial charge in [-0.2, -0.15) is 0 Å². The Balaban J connectivity index is 1.85. The summed E-state index contributed by atoms with van der Waals surface area (Å²) in [5, 5.41) is 2.70. The van der Waals surface area contributed by atoms with Crippen molar-refractivity contribution in [1.29, 1.82) is 0 Å². The molecule has 0 aliphatic heterocycles. The van der Waals surface area contributed by atoms with E-state index in [0.717, 1.165) is 28.8 Å². The van der Waals surface area contributed by atoms with E-state index in [-0.39, 0.29) is 18.3 Å². The van der Waals surface area contributed by atoms with Crippen LogP contribution in [0.1, 0.15) is 16.7 Å². The summed E-state index contributed by atoms with van der Waals surface area (Å²) in [7, 11) is 0. The summed E-state index contributed by atoms with van der Waals surface area (Å²) in [5.74, 6) is -2.04. The number of ether oxygens (including phenoxy) is 1. The third-order valence-corrected chi connectivity index (χ3v) is 3.23. The summed E-state index contributed by atoms with van der Waals surface area (Å²) in [4.78, 5) is 11.7. The van der Waals surface area contributed by atoms with Gasteiger partial charge in [0.15, 0.2) is 18.2 Å². The molecule has 0 aliphatic carbocycles. The second-order valence-corrected chi connectivity index (χ2v) is 5.07. The topological polar surface area (TPSA) is 38.3 Å². The Morgan fingerprint density at radius 2 is 1.91 bits per heavy atom. The molecule has 1 amide bonds. The van der Waals surface area contributed by atoms with E-state index in [1.165, 1.54) is 0 Å². The van der Waals surface area contributed by atoms with Crippen molar-refractivity contribution in [3.63, 3.8) is 0 Å². The average Bonchev–Trinajstić information content (AvgIpc) is 2.45. The van der Waals surface area contributed by atoms with Gasteiger partial charge in [-0.3, -0.25) is 4.79 Å². The molecule has 0 spiro atoms. The fourth-order valence-corrected chi connectivity index (χ4v) is 2.02. The van der Waals surface area contributed by atoms with Gasteiger partial charge in [0.1, 0.15) is 5.82 Å². The zero-order chi connectivity index (χ0) is 16.1. The van der Waals surface area contributed by atoms with Crippen molar-refractivity contribution >= 4 is 5.91 Å². The van der Waals surface area contributed by atoms with Gasteiger partial charge in [-0.05, 0) is 37.1 Å². The predicted molar refractivity (Wildman–Crippen MR) is 79.6 cm³/mol. The SMILES string of the molecule is Cc1ccc(CNC(=O)COc2ccc(F)cc2F)c(C)c1. The van der Waals surface area contributed by atoms with Crippen molar-refractivity contribution in [3.8, 4) is 5.75 Å². The number of nitrogens with one attached hydrogen (secondary N) is 1. The summed E-state index contributed by atoms with van der Waals surface area (Å²) in [5.41, 5.74) is 3.25. The van der Waals surface area contributed by atoms with Crippen molar-refractivity contribution < 1.29 is 18.3 Å². The van der Waals surface area contributed by atoms with Crippen LogP contribution < -0.4 is 10.1 Å². The van der Waals surface area contributed by atoms with Crippen LogP contribution in [0.3, 0.4) is 0 Å². The van der Waals surface area contributed by atoms with Crippen molar-refractivity contribution in [2.45, 2.75) is 20.4 Å². The van der Waals surface area contributed by atoms with Gasteiger partial charge in [-0.1, -0.05) is 23.8 Å². The molecule has 0 aliphatic rings. The molecule has 22 heavy (non-hydrogen) atoms. The molecule has 116 valence electrons. The van der Waals surface area contributed by atoms with Crippen LogP contribution >= 0.6 is 0 Å². The van der Waals surface area contributed by atoms with E-state index >= 15 is 0 Å². The van der Waals surface area contributed by atoms with Gasteiger partial charge in [0.05, 0.1) is 0 Å². The minimum Gasteiger partial charge on any atom is -0.481 e. The lowest BCUT2D eigenvalue weighted by molar-refractivity contribution is -0.123. The number of aryl methyl sites for hydroxylation is 2. The highest BCUT2D eigenvalue weighted by Gasteiger charge is 2.08. The number of carbonyl (C=O) groups excluding carboxylic acids is 1. The quantitative estimate of drug-likeness (QED) is 0.920. The monoisotopic (exact) mass is 305 g/mol. The summed E-state index contributed by atoms with van der Waals surface area (Å²) < 4.78 is 31.1. The zero-order valence-electron chi connectivity index (χ0n) is 12.5. The Bertz CT molecular complexity index is 629. The number of benzene rings is 2. The number of carbonyl (C=O) groups is 1. The molecule has 1 N–H and O–H groups in total. The van der Waals surface area contributed by atoms with Crippen LogP contribution in [0, 0.1) is 25.5 Å². The van der Waals surface area contributed by atoms with Gasteiger partial charge < -0.3 is 10.1 Å². The number of rotatable bonds is 5. The van der Waals surface area contributed by atoms with Crippen molar-refractivity contribution in [1.82, 2.24) is 5.32 Å². The number of hydrogen-bond acceptors (Lipinski definition) is 2. The van der Waals surface area contributed by atoms with E-state index in [1.54, 1.807) is 0 Å². The zero-order valence-corrected chi connectivity index (χ0v) is 12.5. The molecule has 0 atom stereocenters. The molecule has 0 fully saturated rings. The van der Waals surface area contributed by atoms with Crippen LogP contribution in [0.4, 0.5) is 8.78 Å². The lowest BCUT2D eigenvalue weighted by atomic mass is 10.1. The van der Waals surface area contributed by atoms with Gasteiger partial charge in [-0.25, -0.2) is 8.78 Å². The summed E-state index contributed by atoms with van der Waals surface area (Å²) in [6, 6.07) is 8.90. The summed E-state index contributed by atoms with van der Waals surface area (Å²) in [6.45, 7) is 4.02. The van der Waals surface area contributed by atoms with E-state index in [2.05, 4.69) is 5.32 Å². The maximum atomic E-state index is 13.3. The molecule has 0 saturated carbocycles. The fraction of sp³-hybridized carbons (Fsp3) is 0.235. The molecule has 3 nitrogen and oxygen atoms in total. The van der Waals surface area contributed by atoms with Gasteiger partial charge in [0, 0.05) is 12.6 Å². The van der Waals surface area contributed by atoms with Crippen LogP contribution in [-0.2, 0) is 11.3 Å². The van der Waals surface area contributed by atoms with Gasteiger partial charge in [-0.15, -0.1) is 0 Å². The maximum Gasteiger partial charge on any atom is 0.258 e. The van der Waals surface area contributed by atoms with E-state index in [4.69, 9.17) is 4.74 Å². The van der Waals surface area contributed by atoms with Crippen molar-refractivity contribution in [2.24, 2.45) is 0 Å². The Hall–Kier alpha value is -2.43. The molecule has 0 heterocycles. The first-order valence-electron chi connectivity index (χ1n) is 6.86. The number of hydrogen-bond donors (Lipinski definition) is 1. The Labute approximate surface area is 127 Å². The molecule has 2 aromatic carbocycles. The molecular weight excluding hydrogens is 288 g/mol. The molecule has 0 saturated heterocycles. The Morgan fingerprint density at radius 1 is 1.14 bits per heavy atom. The fourth-order valence-electron chi connectivity index (χ4n) is 2.02. The third-order valence-electron chi connectivity index (χ3n) is 3.23. The second-order valence-electron chi connectivity index (χ2n) is 5.07. The van der Waals surface area contributed by atoms with E-state index in [0.29, 0.717) is 12.6 Å². The highest BCUT2D eigenvalue weighted by atomic mass is 19.1. The largest absolute Gasteiger partial charge is 0.481 e. The summed E-state index contributed by atoms with van der Waals surface area (Å²) >= 11 is 0. The smallest absolute Gasteiger partial charge is 0.258 e. The first-order chi connectivity index (χ1) is 10.5. The van der Waals surface area contributed by atoms with Crippen LogP contribution in [0.15, 0.2) is 36.4 Å². The lowest BCUT2D eigenvalue weighted by Gasteiger charge is -2.10. The number of amides is 1. The molecule has 0 unspecified atom stereocenters. The predicted octanol–water partition coefficient (Wildman–Crippen LogP) is 3.28. The first kappa shape index (κ1) is 15.9. The molecule has 0 aromatic heterocycles. The number of halogens is 2. The molecular formula is C17H17F2NO2.